The number of hydrogen-bond acceptors (Lipinski definition) is 6. The van der Waals surface area contributed by atoms with E-state index in [1.165, 1.54) is 13.8 Å². The lowest BCUT2D eigenvalue weighted by atomic mass is 10.3. The number of nitrogens with zero attached hydrogens (tertiary/aromatic N) is 2. The number of hydrogen-bond donors (Lipinski definition) is 2. The van der Waals surface area contributed by atoms with Crippen molar-refractivity contribution in [2.45, 2.75) is 24.6 Å². The first-order chi connectivity index (χ1) is 8.03. The zero-order chi connectivity index (χ0) is 14.1. The topological polar surface area (TPSA) is 115 Å². The Hall–Kier alpha value is -0.260. The summed E-state index contributed by atoms with van der Waals surface area (Å²) in [7, 11) is -8.26. The summed E-state index contributed by atoms with van der Waals surface area (Å²) in [4.78, 5) is 3.09. The Morgan fingerprint density at radius 2 is 1.00 bits per heavy atom. The van der Waals surface area contributed by atoms with Gasteiger partial charge in [-0.2, -0.15) is 16.8 Å². The lowest BCUT2D eigenvalue weighted by molar-refractivity contribution is 0.114. The standard InChI is InChI=1S/C8H18N2O6S2/c1-7(17(11,12)13)9-3-5-10(6-4-9)8(2)18(14,15)16/h7-8H,3-6H2,1-2H3,(H,11,12,13)(H,14,15,16)/t7-,8-/m1/s1. The number of piperazine rings is 1. The average molecular weight is 302 g/mol. The quantitative estimate of drug-likeness (QED) is 0.640. The van der Waals surface area contributed by atoms with Gasteiger partial charge in [0.2, 0.25) is 0 Å². The van der Waals surface area contributed by atoms with E-state index < -0.39 is 31.0 Å². The van der Waals surface area contributed by atoms with Crippen LogP contribution >= 0.6 is 0 Å². The molecule has 1 heterocycles. The molecule has 2 atom stereocenters. The molecule has 8 nitrogen and oxygen atoms in total. The normalized spacial score (nSPS) is 23.8. The maximum atomic E-state index is 11.0. The minimum Gasteiger partial charge on any atom is -0.284 e. The molecule has 0 aliphatic carbocycles. The van der Waals surface area contributed by atoms with Crippen LogP contribution in [0.15, 0.2) is 0 Å². The Morgan fingerprint density at radius 1 is 0.778 bits per heavy atom. The van der Waals surface area contributed by atoms with Gasteiger partial charge in [-0.1, -0.05) is 0 Å². The van der Waals surface area contributed by atoms with E-state index >= 15 is 0 Å². The van der Waals surface area contributed by atoms with E-state index in [1.54, 1.807) is 9.80 Å². The van der Waals surface area contributed by atoms with E-state index in [0.717, 1.165) is 0 Å². The molecule has 0 aromatic heterocycles. The number of rotatable bonds is 4. The molecule has 108 valence electrons. The van der Waals surface area contributed by atoms with Gasteiger partial charge in [0.15, 0.2) is 0 Å². The van der Waals surface area contributed by atoms with Gasteiger partial charge in [-0.25, -0.2) is 0 Å². The lowest BCUT2D eigenvalue weighted by Crippen LogP contribution is -2.54. The van der Waals surface area contributed by atoms with Gasteiger partial charge < -0.3 is 0 Å². The molecule has 1 aliphatic rings. The van der Waals surface area contributed by atoms with Crippen LogP contribution in [0.25, 0.3) is 0 Å². The van der Waals surface area contributed by atoms with Gasteiger partial charge in [0.05, 0.1) is 0 Å². The van der Waals surface area contributed by atoms with E-state index in [9.17, 15) is 16.8 Å². The van der Waals surface area contributed by atoms with Gasteiger partial charge in [-0.15, -0.1) is 0 Å². The Labute approximate surface area is 107 Å². The van der Waals surface area contributed by atoms with Crippen LogP contribution in [0.1, 0.15) is 13.8 Å². The SMILES string of the molecule is C[C@H](N1CCN([C@@H](C)S(=O)(=O)O)CC1)S(=O)(=O)O. The van der Waals surface area contributed by atoms with Crippen molar-refractivity contribution >= 4 is 20.2 Å². The minimum absolute atomic E-state index is 0.306. The van der Waals surface area contributed by atoms with Crippen LogP contribution in [0.5, 0.6) is 0 Å². The van der Waals surface area contributed by atoms with Crippen molar-refractivity contribution < 1.29 is 25.9 Å². The molecule has 18 heavy (non-hydrogen) atoms. The zero-order valence-electron chi connectivity index (χ0n) is 10.2. The Bertz CT molecular complexity index is 434. The van der Waals surface area contributed by atoms with Crippen molar-refractivity contribution in [1.82, 2.24) is 9.80 Å². The van der Waals surface area contributed by atoms with E-state index in [1.807, 2.05) is 0 Å². The molecule has 0 radical (unpaired) electrons. The first kappa shape index (κ1) is 15.8. The Kier molecular flexibility index (Phi) is 4.73. The molecule has 1 aliphatic heterocycles. The van der Waals surface area contributed by atoms with Gasteiger partial charge >= 0.3 is 0 Å². The summed E-state index contributed by atoms with van der Waals surface area (Å²) in [6.07, 6.45) is 0. The maximum absolute atomic E-state index is 11.0. The molecule has 0 aromatic rings. The highest BCUT2D eigenvalue weighted by Gasteiger charge is 2.32. The van der Waals surface area contributed by atoms with Crippen LogP contribution in [0.3, 0.4) is 0 Å². The van der Waals surface area contributed by atoms with Crippen LogP contribution in [0, 0.1) is 0 Å². The predicted molar refractivity (Wildman–Crippen MR) is 65.2 cm³/mol. The zero-order valence-corrected chi connectivity index (χ0v) is 11.9. The van der Waals surface area contributed by atoms with E-state index in [2.05, 4.69) is 0 Å². The molecule has 0 aromatic carbocycles. The smallest absolute Gasteiger partial charge is 0.280 e. The summed E-state index contributed by atoms with van der Waals surface area (Å²) in [5.74, 6) is 0. The molecule has 0 bridgehead atoms. The van der Waals surface area contributed by atoms with Crippen molar-refractivity contribution in [2.24, 2.45) is 0 Å². The first-order valence-electron chi connectivity index (χ1n) is 5.44. The monoisotopic (exact) mass is 302 g/mol. The van der Waals surface area contributed by atoms with Crippen molar-refractivity contribution in [1.29, 1.82) is 0 Å². The molecule has 2 N–H and O–H groups in total. The molecule has 1 saturated heterocycles. The summed E-state index contributed by atoms with van der Waals surface area (Å²) in [5, 5.41) is -2.03. The van der Waals surface area contributed by atoms with Crippen LogP contribution in [-0.2, 0) is 20.2 Å². The summed E-state index contributed by atoms with van der Waals surface area (Å²) < 4.78 is 61.7. The molecular formula is C8H18N2O6S2. The fourth-order valence-electron chi connectivity index (χ4n) is 1.84. The molecule has 10 heteroatoms. The highest BCUT2D eigenvalue weighted by Crippen LogP contribution is 2.14. The second-order valence-electron chi connectivity index (χ2n) is 4.30. The Balaban J connectivity index is 2.62. The van der Waals surface area contributed by atoms with Crippen LogP contribution in [0.4, 0.5) is 0 Å². The summed E-state index contributed by atoms with van der Waals surface area (Å²) in [6, 6.07) is 0. The second kappa shape index (κ2) is 5.39. The van der Waals surface area contributed by atoms with Gasteiger partial charge in [0.1, 0.15) is 10.7 Å². The van der Waals surface area contributed by atoms with E-state index in [-0.39, 0.29) is 0 Å². The van der Waals surface area contributed by atoms with Crippen LogP contribution < -0.4 is 0 Å². The molecular weight excluding hydrogens is 284 g/mol. The fraction of sp³-hybridized carbons (Fsp3) is 1.00. The summed E-state index contributed by atoms with van der Waals surface area (Å²) in [6.45, 7) is 3.97. The fourth-order valence-corrected chi connectivity index (χ4v) is 3.02. The predicted octanol–water partition coefficient (Wildman–Crippen LogP) is -0.928. The summed E-state index contributed by atoms with van der Waals surface area (Å²) in [5.41, 5.74) is 0. The molecule has 0 saturated carbocycles. The average Bonchev–Trinajstić information content (AvgIpc) is 2.25. The van der Waals surface area contributed by atoms with Crippen molar-refractivity contribution in [2.75, 3.05) is 26.2 Å². The van der Waals surface area contributed by atoms with Crippen molar-refractivity contribution in [3.05, 3.63) is 0 Å². The largest absolute Gasteiger partial charge is 0.284 e. The van der Waals surface area contributed by atoms with Crippen LogP contribution in [-0.4, -0.2) is 72.7 Å². The van der Waals surface area contributed by atoms with Gasteiger partial charge in [0.25, 0.3) is 20.2 Å². The lowest BCUT2D eigenvalue weighted by Gasteiger charge is -2.38. The van der Waals surface area contributed by atoms with Gasteiger partial charge in [0, 0.05) is 26.2 Å². The molecule has 0 unspecified atom stereocenters. The maximum Gasteiger partial charge on any atom is 0.280 e. The molecule has 0 spiro atoms. The molecule has 1 fully saturated rings. The van der Waals surface area contributed by atoms with Crippen LogP contribution in [0.2, 0.25) is 0 Å². The van der Waals surface area contributed by atoms with Gasteiger partial charge in [-0.3, -0.25) is 18.9 Å². The highest BCUT2D eigenvalue weighted by molar-refractivity contribution is 7.86. The first-order valence-corrected chi connectivity index (χ1v) is 8.45. The highest BCUT2D eigenvalue weighted by atomic mass is 32.2. The van der Waals surface area contributed by atoms with Crippen molar-refractivity contribution in [3.63, 3.8) is 0 Å². The van der Waals surface area contributed by atoms with E-state index in [0.29, 0.717) is 26.2 Å². The third-order valence-electron chi connectivity index (χ3n) is 3.24. The van der Waals surface area contributed by atoms with Crippen molar-refractivity contribution in [3.8, 4) is 0 Å². The Morgan fingerprint density at radius 3 is 1.17 bits per heavy atom. The van der Waals surface area contributed by atoms with E-state index in [4.69, 9.17) is 9.11 Å². The molecule has 1 rings (SSSR count). The third-order valence-corrected chi connectivity index (χ3v) is 5.56. The summed E-state index contributed by atoms with van der Waals surface area (Å²) >= 11 is 0. The minimum atomic E-state index is -4.13. The second-order valence-corrected chi connectivity index (χ2v) is 7.72. The molecule has 0 amide bonds. The third kappa shape index (κ3) is 3.87. The van der Waals surface area contributed by atoms with Gasteiger partial charge in [-0.05, 0) is 13.8 Å².